The molecular weight excluding hydrogens is 284 g/mol. The van der Waals surface area contributed by atoms with Crippen molar-refractivity contribution in [3.05, 3.63) is 23.9 Å². The molecule has 0 unspecified atom stereocenters. The highest BCUT2D eigenvalue weighted by Gasteiger charge is 2.13. The van der Waals surface area contributed by atoms with E-state index in [2.05, 4.69) is 26.7 Å². The molecule has 1 aromatic heterocycles. The summed E-state index contributed by atoms with van der Waals surface area (Å²) in [5.74, 6) is 1.71. The lowest BCUT2D eigenvalue weighted by Crippen LogP contribution is -2.20. The van der Waals surface area contributed by atoms with Gasteiger partial charge in [-0.3, -0.25) is 0 Å². The smallest absolute Gasteiger partial charge is 0.224 e. The van der Waals surface area contributed by atoms with E-state index >= 15 is 0 Å². The Bertz CT molecular complexity index is 504. The van der Waals surface area contributed by atoms with E-state index in [0.717, 1.165) is 24.7 Å². The van der Waals surface area contributed by atoms with Crippen LogP contribution in [-0.2, 0) is 0 Å². The number of nitrogens with zero attached hydrogens (tertiary/aromatic N) is 2. The van der Waals surface area contributed by atoms with Gasteiger partial charge >= 0.3 is 0 Å². The van der Waals surface area contributed by atoms with Gasteiger partial charge in [-0.2, -0.15) is 4.98 Å². The lowest BCUT2D eigenvalue weighted by Gasteiger charge is -2.17. The Morgan fingerprint density at radius 3 is 2.70 bits per heavy atom. The number of nitrogens with one attached hydrogen (secondary N) is 2. The van der Waals surface area contributed by atoms with Crippen molar-refractivity contribution < 1.29 is 0 Å². The van der Waals surface area contributed by atoms with Gasteiger partial charge < -0.3 is 10.6 Å². The predicted octanol–water partition coefficient (Wildman–Crippen LogP) is 4.91. The van der Waals surface area contributed by atoms with Crippen molar-refractivity contribution in [2.45, 2.75) is 76.7 Å². The van der Waals surface area contributed by atoms with Gasteiger partial charge in [0.1, 0.15) is 5.82 Å². The van der Waals surface area contributed by atoms with Crippen LogP contribution >= 0.6 is 0 Å². The third-order valence-corrected chi connectivity index (χ3v) is 4.98. The third kappa shape index (κ3) is 5.52. The molecule has 2 aliphatic carbocycles. The Morgan fingerprint density at radius 1 is 1.04 bits per heavy atom. The van der Waals surface area contributed by atoms with Crippen molar-refractivity contribution in [3.8, 4) is 0 Å². The quantitative estimate of drug-likeness (QED) is 0.578. The van der Waals surface area contributed by atoms with Crippen molar-refractivity contribution in [3.63, 3.8) is 0 Å². The van der Waals surface area contributed by atoms with Crippen LogP contribution in [0.4, 0.5) is 11.8 Å². The molecular formula is C19H30N4. The number of allylic oxidation sites excluding steroid dienone is 1. The summed E-state index contributed by atoms with van der Waals surface area (Å²) in [6.07, 6.45) is 18.5. The fourth-order valence-electron chi connectivity index (χ4n) is 3.62. The largest absolute Gasteiger partial charge is 0.370 e. The molecule has 1 fully saturated rings. The number of anilines is 2. The molecule has 0 saturated heterocycles. The Balaban J connectivity index is 1.47. The molecule has 0 radical (unpaired) electrons. The van der Waals surface area contributed by atoms with Crippen molar-refractivity contribution >= 4 is 11.8 Å². The van der Waals surface area contributed by atoms with Crippen LogP contribution in [0.15, 0.2) is 23.9 Å². The molecule has 126 valence electrons. The van der Waals surface area contributed by atoms with Crippen LogP contribution in [0.2, 0.25) is 0 Å². The Kier molecular flexibility index (Phi) is 6.30. The van der Waals surface area contributed by atoms with E-state index in [4.69, 9.17) is 0 Å². The second-order valence-corrected chi connectivity index (χ2v) is 6.88. The summed E-state index contributed by atoms with van der Waals surface area (Å²) in [7, 11) is 0. The highest BCUT2D eigenvalue weighted by molar-refractivity contribution is 5.40. The van der Waals surface area contributed by atoms with Crippen LogP contribution < -0.4 is 10.6 Å². The topological polar surface area (TPSA) is 49.8 Å². The number of hydrogen-bond acceptors (Lipinski definition) is 4. The lowest BCUT2D eigenvalue weighted by atomic mass is 9.97. The SMILES string of the molecule is C1=C(CCNc2ccnc(NC3CCCCCC3)n2)CCCC1. The highest BCUT2D eigenvalue weighted by atomic mass is 15.1. The van der Waals surface area contributed by atoms with Crippen LogP contribution in [-0.4, -0.2) is 22.6 Å². The first-order chi connectivity index (χ1) is 11.4. The summed E-state index contributed by atoms with van der Waals surface area (Å²) in [4.78, 5) is 9.02. The zero-order chi connectivity index (χ0) is 15.7. The van der Waals surface area contributed by atoms with Crippen LogP contribution in [0.3, 0.4) is 0 Å². The van der Waals surface area contributed by atoms with E-state index in [1.807, 2.05) is 12.3 Å². The predicted molar refractivity (Wildman–Crippen MR) is 96.8 cm³/mol. The molecule has 0 aromatic carbocycles. The van der Waals surface area contributed by atoms with Gasteiger partial charge in [0.25, 0.3) is 0 Å². The first kappa shape index (κ1) is 16.3. The Morgan fingerprint density at radius 2 is 1.91 bits per heavy atom. The summed E-state index contributed by atoms with van der Waals surface area (Å²) in [5.41, 5.74) is 1.61. The second kappa shape index (κ2) is 8.90. The minimum atomic E-state index is 0.542. The molecule has 4 heteroatoms. The van der Waals surface area contributed by atoms with Crippen LogP contribution in [0, 0.1) is 0 Å². The highest BCUT2D eigenvalue weighted by Crippen LogP contribution is 2.21. The van der Waals surface area contributed by atoms with Gasteiger partial charge in [-0.15, -0.1) is 0 Å². The van der Waals surface area contributed by atoms with Gasteiger partial charge in [0.05, 0.1) is 0 Å². The van der Waals surface area contributed by atoms with Crippen LogP contribution in [0.5, 0.6) is 0 Å². The maximum absolute atomic E-state index is 4.63. The van der Waals surface area contributed by atoms with Crippen molar-refractivity contribution in [2.75, 3.05) is 17.2 Å². The van der Waals surface area contributed by atoms with E-state index in [-0.39, 0.29) is 0 Å². The normalized spacial score (nSPS) is 19.7. The van der Waals surface area contributed by atoms with Crippen molar-refractivity contribution in [2.24, 2.45) is 0 Å². The molecule has 1 heterocycles. The average molecular weight is 314 g/mol. The minimum absolute atomic E-state index is 0.542. The first-order valence-electron chi connectivity index (χ1n) is 9.41. The molecule has 3 rings (SSSR count). The molecule has 0 amide bonds. The van der Waals surface area contributed by atoms with E-state index in [1.54, 1.807) is 5.57 Å². The number of hydrogen-bond donors (Lipinski definition) is 2. The zero-order valence-corrected chi connectivity index (χ0v) is 14.2. The van der Waals surface area contributed by atoms with E-state index in [1.165, 1.54) is 64.2 Å². The van der Waals surface area contributed by atoms with E-state index < -0.39 is 0 Å². The van der Waals surface area contributed by atoms with Crippen LogP contribution in [0.25, 0.3) is 0 Å². The molecule has 23 heavy (non-hydrogen) atoms. The number of rotatable bonds is 6. The van der Waals surface area contributed by atoms with Gasteiger partial charge in [0.15, 0.2) is 0 Å². The Hall–Kier alpha value is -1.58. The summed E-state index contributed by atoms with van der Waals surface area (Å²) >= 11 is 0. The maximum Gasteiger partial charge on any atom is 0.224 e. The van der Waals surface area contributed by atoms with Crippen molar-refractivity contribution in [1.82, 2.24) is 9.97 Å². The fraction of sp³-hybridized carbons (Fsp3) is 0.684. The first-order valence-corrected chi connectivity index (χ1v) is 9.41. The monoisotopic (exact) mass is 314 g/mol. The van der Waals surface area contributed by atoms with Gasteiger partial charge in [-0.1, -0.05) is 37.3 Å². The van der Waals surface area contributed by atoms with Gasteiger partial charge in [0, 0.05) is 18.8 Å². The van der Waals surface area contributed by atoms with Crippen LogP contribution in [0.1, 0.15) is 70.6 Å². The molecule has 0 atom stereocenters. The molecule has 0 bridgehead atoms. The van der Waals surface area contributed by atoms with Gasteiger partial charge in [-0.05, 0) is 51.0 Å². The molecule has 0 spiro atoms. The Labute approximate surface area is 140 Å². The summed E-state index contributed by atoms with van der Waals surface area (Å²) < 4.78 is 0. The minimum Gasteiger partial charge on any atom is -0.370 e. The second-order valence-electron chi connectivity index (χ2n) is 6.88. The van der Waals surface area contributed by atoms with E-state index in [9.17, 15) is 0 Å². The lowest BCUT2D eigenvalue weighted by molar-refractivity contribution is 0.615. The zero-order valence-electron chi connectivity index (χ0n) is 14.2. The summed E-state index contributed by atoms with van der Waals surface area (Å²) in [6, 6.07) is 2.51. The fourth-order valence-corrected chi connectivity index (χ4v) is 3.62. The maximum atomic E-state index is 4.63. The molecule has 1 aromatic rings. The third-order valence-electron chi connectivity index (χ3n) is 4.98. The molecule has 1 saturated carbocycles. The molecule has 2 aliphatic rings. The summed E-state index contributed by atoms with van der Waals surface area (Å²) in [6.45, 7) is 0.964. The van der Waals surface area contributed by atoms with Crippen molar-refractivity contribution in [1.29, 1.82) is 0 Å². The molecule has 4 nitrogen and oxygen atoms in total. The summed E-state index contributed by atoms with van der Waals surface area (Å²) in [5, 5.41) is 6.98. The van der Waals surface area contributed by atoms with Gasteiger partial charge in [-0.25, -0.2) is 4.98 Å². The standard InChI is InChI=1S/C19H30N4/c1-2-7-11-17(10-6-1)22-19-21-15-13-18(23-19)20-14-12-16-8-4-3-5-9-16/h8,13,15,17H,1-7,9-12,14H2,(H2,20,21,22,23). The molecule has 2 N–H and O–H groups in total. The average Bonchev–Trinajstić information content (AvgIpc) is 2.85. The van der Waals surface area contributed by atoms with Gasteiger partial charge in [0.2, 0.25) is 5.95 Å². The number of aromatic nitrogens is 2. The molecule has 0 aliphatic heterocycles. The van der Waals surface area contributed by atoms with E-state index in [0.29, 0.717) is 6.04 Å².